The number of hydrogen-bond acceptors (Lipinski definition) is 2. The maximum absolute atomic E-state index is 14.8. The summed E-state index contributed by atoms with van der Waals surface area (Å²) in [4.78, 5) is 13.1. The van der Waals surface area contributed by atoms with E-state index in [9.17, 15) is 14.3 Å². The summed E-state index contributed by atoms with van der Waals surface area (Å²) in [5.41, 5.74) is 1.96. The third-order valence-electron chi connectivity index (χ3n) is 4.20. The molecular weight excluding hydrogens is 388 g/mol. The molecule has 0 unspecified atom stereocenters. The molecule has 1 N–H and O–H groups in total. The first-order valence-corrected chi connectivity index (χ1v) is 9.25. The Labute approximate surface area is 169 Å². The fourth-order valence-electron chi connectivity index (χ4n) is 2.71. The van der Waals surface area contributed by atoms with Crippen LogP contribution in [0.1, 0.15) is 42.0 Å². The van der Waals surface area contributed by atoms with Crippen LogP contribution in [0.5, 0.6) is 5.75 Å². The maximum Gasteiger partial charge on any atom is 0.246 e. The highest BCUT2D eigenvalue weighted by Gasteiger charge is 2.18. The fourth-order valence-corrected chi connectivity index (χ4v) is 3.35. The first-order chi connectivity index (χ1) is 12.6. The zero-order chi connectivity index (χ0) is 20.3. The Morgan fingerprint density at radius 2 is 1.81 bits per heavy atom. The molecule has 3 nitrogen and oxygen atoms in total. The second-order valence-electron chi connectivity index (χ2n) is 6.83. The van der Waals surface area contributed by atoms with E-state index in [0.717, 1.165) is 0 Å². The van der Waals surface area contributed by atoms with Crippen LogP contribution in [0, 0.1) is 5.82 Å². The molecule has 2 aromatic rings. The van der Waals surface area contributed by atoms with Crippen LogP contribution in [0.15, 0.2) is 30.3 Å². The minimum absolute atomic E-state index is 0.0607. The largest absolute Gasteiger partial charge is 0.508 e. The fraction of sp³-hybridized carbons (Fsp3) is 0.286. The van der Waals surface area contributed by atoms with E-state index < -0.39 is 5.82 Å². The summed E-state index contributed by atoms with van der Waals surface area (Å²) < 4.78 is 14.8. The molecule has 0 aliphatic heterocycles. The van der Waals surface area contributed by atoms with E-state index >= 15 is 0 Å². The summed E-state index contributed by atoms with van der Waals surface area (Å²) in [5, 5.41) is 10.7. The normalized spacial score (nSPS) is 11.4. The highest BCUT2D eigenvalue weighted by molar-refractivity contribution is 6.36. The average Bonchev–Trinajstić information content (AvgIpc) is 2.57. The van der Waals surface area contributed by atoms with Gasteiger partial charge in [-0.2, -0.15) is 0 Å². The number of likely N-dealkylation sites (N-methyl/N-ethyl adjacent to an activating group) is 1. The van der Waals surface area contributed by atoms with Gasteiger partial charge in [0.2, 0.25) is 5.91 Å². The smallest absolute Gasteiger partial charge is 0.246 e. The molecular formula is C21H22Cl2FNO2. The van der Waals surface area contributed by atoms with Crippen molar-refractivity contribution in [2.45, 2.75) is 26.2 Å². The van der Waals surface area contributed by atoms with Gasteiger partial charge in [-0.05, 0) is 46.9 Å². The van der Waals surface area contributed by atoms with Crippen LogP contribution >= 0.6 is 23.2 Å². The number of carbonyl (C=O) groups is 1. The van der Waals surface area contributed by atoms with Crippen molar-refractivity contribution >= 4 is 35.2 Å². The van der Waals surface area contributed by atoms with E-state index in [0.29, 0.717) is 26.7 Å². The van der Waals surface area contributed by atoms with E-state index in [2.05, 4.69) is 0 Å². The van der Waals surface area contributed by atoms with Gasteiger partial charge in [0.05, 0.1) is 0 Å². The molecule has 2 rings (SSSR count). The standard InChI is InChI=1S/C21H22Cl2FNO2/c1-12(2)20-18(26)7-6-14(21(20)24)11-15-16(22)9-13(10-17(15)23)5-8-19(27)25(3)4/h5-10,12,26H,11H2,1-4H3/b8-5+. The molecule has 0 fully saturated rings. The Morgan fingerprint density at radius 1 is 1.22 bits per heavy atom. The van der Waals surface area contributed by atoms with Crippen molar-refractivity contribution in [2.75, 3.05) is 14.1 Å². The summed E-state index contributed by atoms with van der Waals surface area (Å²) >= 11 is 12.7. The van der Waals surface area contributed by atoms with Crippen molar-refractivity contribution < 1.29 is 14.3 Å². The van der Waals surface area contributed by atoms with E-state index in [1.54, 1.807) is 32.3 Å². The number of aromatic hydroxyl groups is 1. The topological polar surface area (TPSA) is 40.5 Å². The molecule has 0 heterocycles. The third kappa shape index (κ3) is 5.02. The maximum atomic E-state index is 14.8. The number of hydrogen-bond donors (Lipinski definition) is 1. The van der Waals surface area contributed by atoms with Gasteiger partial charge in [0, 0.05) is 42.2 Å². The second kappa shape index (κ2) is 8.77. The molecule has 2 aromatic carbocycles. The molecule has 0 bridgehead atoms. The summed E-state index contributed by atoms with van der Waals surface area (Å²) in [6, 6.07) is 6.39. The van der Waals surface area contributed by atoms with Crippen LogP contribution < -0.4 is 0 Å². The summed E-state index contributed by atoms with van der Waals surface area (Å²) in [6.07, 6.45) is 3.25. The second-order valence-corrected chi connectivity index (χ2v) is 7.65. The first-order valence-electron chi connectivity index (χ1n) is 8.49. The van der Waals surface area contributed by atoms with Gasteiger partial charge >= 0.3 is 0 Å². The molecule has 27 heavy (non-hydrogen) atoms. The van der Waals surface area contributed by atoms with Crippen molar-refractivity contribution in [3.05, 3.63) is 68.5 Å². The molecule has 0 aliphatic rings. The molecule has 0 aromatic heterocycles. The van der Waals surface area contributed by atoms with Gasteiger partial charge in [-0.25, -0.2) is 4.39 Å². The predicted molar refractivity (Wildman–Crippen MR) is 109 cm³/mol. The lowest BCUT2D eigenvalue weighted by Crippen LogP contribution is -2.18. The first kappa shape index (κ1) is 21.3. The molecule has 6 heteroatoms. The van der Waals surface area contributed by atoms with E-state index in [4.69, 9.17) is 23.2 Å². The molecule has 0 atom stereocenters. The van der Waals surface area contributed by atoms with Crippen molar-refractivity contribution in [1.82, 2.24) is 4.90 Å². The van der Waals surface area contributed by atoms with Gasteiger partial charge in [0.1, 0.15) is 11.6 Å². The number of benzene rings is 2. The molecule has 0 saturated heterocycles. The molecule has 0 radical (unpaired) electrons. The number of phenolic OH excluding ortho intramolecular Hbond substituents is 1. The summed E-state index contributed by atoms with van der Waals surface area (Å²) in [6.45, 7) is 3.63. The molecule has 0 saturated carbocycles. The van der Waals surface area contributed by atoms with Crippen LogP contribution in [0.25, 0.3) is 6.08 Å². The van der Waals surface area contributed by atoms with Crippen LogP contribution in [-0.2, 0) is 11.2 Å². The number of nitrogens with zero attached hydrogens (tertiary/aromatic N) is 1. The van der Waals surface area contributed by atoms with Crippen molar-refractivity contribution in [1.29, 1.82) is 0 Å². The Morgan fingerprint density at radius 3 is 2.33 bits per heavy atom. The number of amides is 1. The van der Waals surface area contributed by atoms with Gasteiger partial charge in [-0.3, -0.25) is 4.79 Å². The lowest BCUT2D eigenvalue weighted by atomic mass is 9.95. The highest BCUT2D eigenvalue weighted by atomic mass is 35.5. The van der Waals surface area contributed by atoms with Gasteiger partial charge in [-0.15, -0.1) is 0 Å². The molecule has 144 valence electrons. The van der Waals surface area contributed by atoms with Gasteiger partial charge < -0.3 is 10.0 Å². The zero-order valence-corrected chi connectivity index (χ0v) is 17.2. The van der Waals surface area contributed by atoms with Crippen LogP contribution in [0.2, 0.25) is 10.0 Å². The highest BCUT2D eigenvalue weighted by Crippen LogP contribution is 2.34. The third-order valence-corrected chi connectivity index (χ3v) is 4.88. The number of rotatable bonds is 5. The predicted octanol–water partition coefficient (Wildman–Crippen LogP) is 5.65. The van der Waals surface area contributed by atoms with Crippen molar-refractivity contribution in [3.63, 3.8) is 0 Å². The van der Waals surface area contributed by atoms with E-state index in [1.165, 1.54) is 23.1 Å². The summed E-state index contributed by atoms with van der Waals surface area (Å²) in [5.74, 6) is -0.816. The number of halogens is 3. The summed E-state index contributed by atoms with van der Waals surface area (Å²) in [7, 11) is 3.32. The van der Waals surface area contributed by atoms with Crippen LogP contribution in [-0.4, -0.2) is 30.0 Å². The average molecular weight is 410 g/mol. The van der Waals surface area contributed by atoms with Crippen molar-refractivity contribution in [3.8, 4) is 5.75 Å². The Kier molecular flexibility index (Phi) is 6.90. The van der Waals surface area contributed by atoms with Crippen LogP contribution in [0.4, 0.5) is 4.39 Å². The van der Waals surface area contributed by atoms with Gasteiger partial charge in [-0.1, -0.05) is 43.1 Å². The Balaban J connectivity index is 2.36. The zero-order valence-electron chi connectivity index (χ0n) is 15.7. The molecule has 0 spiro atoms. The van der Waals surface area contributed by atoms with Crippen molar-refractivity contribution in [2.24, 2.45) is 0 Å². The molecule has 0 aliphatic carbocycles. The van der Waals surface area contributed by atoms with Gasteiger partial charge in [0.15, 0.2) is 0 Å². The lowest BCUT2D eigenvalue weighted by molar-refractivity contribution is -0.123. The lowest BCUT2D eigenvalue weighted by Gasteiger charge is -2.15. The minimum atomic E-state index is -0.447. The Hall–Kier alpha value is -2.04. The Bertz CT molecular complexity index is 869. The number of carbonyl (C=O) groups excluding carboxylic acids is 1. The quantitative estimate of drug-likeness (QED) is 0.647. The van der Waals surface area contributed by atoms with Gasteiger partial charge in [0.25, 0.3) is 0 Å². The SMILES string of the molecule is CC(C)c1c(O)ccc(Cc2c(Cl)cc(/C=C/C(=O)N(C)C)cc2Cl)c1F. The van der Waals surface area contributed by atoms with E-state index in [1.807, 2.05) is 13.8 Å². The monoisotopic (exact) mass is 409 g/mol. The minimum Gasteiger partial charge on any atom is -0.508 e. The molecule has 1 amide bonds. The van der Waals surface area contributed by atoms with E-state index in [-0.39, 0.29) is 29.6 Å². The number of phenols is 1. The van der Waals surface area contributed by atoms with Crippen LogP contribution in [0.3, 0.4) is 0 Å².